The summed E-state index contributed by atoms with van der Waals surface area (Å²) in [6, 6.07) is 10.9. The summed E-state index contributed by atoms with van der Waals surface area (Å²) in [5.74, 6) is -0.153. The summed E-state index contributed by atoms with van der Waals surface area (Å²) in [5.41, 5.74) is 2.82. The Morgan fingerprint density at radius 3 is 2.67 bits per heavy atom. The minimum atomic E-state index is -0.153. The summed E-state index contributed by atoms with van der Waals surface area (Å²) in [6.07, 6.45) is 2.39. The zero-order valence-corrected chi connectivity index (χ0v) is 10.7. The van der Waals surface area contributed by atoms with Crippen LogP contribution in [0, 0.1) is 12.7 Å². The first-order valence-corrected chi connectivity index (χ1v) is 6.04. The van der Waals surface area contributed by atoms with E-state index in [1.165, 1.54) is 6.07 Å². The number of benzene rings is 1. The first kappa shape index (κ1) is 12.7. The Hall–Kier alpha value is -1.74. The molecule has 94 valence electrons. The molecule has 0 fully saturated rings. The van der Waals surface area contributed by atoms with Gasteiger partial charge in [0.15, 0.2) is 0 Å². The Bertz CT molecular complexity index is 525. The number of hydrogen-bond acceptors (Lipinski definition) is 2. The first-order chi connectivity index (χ1) is 8.72. The number of aryl methyl sites for hydroxylation is 1. The topological polar surface area (TPSA) is 24.9 Å². The minimum Gasteiger partial charge on any atom is -0.313 e. The van der Waals surface area contributed by atoms with E-state index in [2.05, 4.69) is 10.3 Å². The van der Waals surface area contributed by atoms with Crippen LogP contribution in [-0.2, 0) is 6.42 Å². The van der Waals surface area contributed by atoms with E-state index in [1.807, 2.05) is 38.2 Å². The molecule has 0 aliphatic heterocycles. The highest BCUT2D eigenvalue weighted by atomic mass is 19.1. The van der Waals surface area contributed by atoms with Gasteiger partial charge in [0, 0.05) is 17.9 Å². The maximum Gasteiger partial charge on any atom is 0.126 e. The van der Waals surface area contributed by atoms with Gasteiger partial charge in [-0.1, -0.05) is 24.3 Å². The summed E-state index contributed by atoms with van der Waals surface area (Å²) in [5, 5.41) is 3.23. The Morgan fingerprint density at radius 2 is 2.00 bits per heavy atom. The molecule has 2 rings (SSSR count). The molecule has 1 N–H and O–H groups in total. The van der Waals surface area contributed by atoms with E-state index in [-0.39, 0.29) is 11.9 Å². The van der Waals surface area contributed by atoms with Crippen molar-refractivity contribution in [2.24, 2.45) is 0 Å². The standard InChI is InChI=1S/C15H17FN2/c1-11-13(7-5-9-18-11)15(17-2)10-12-6-3-4-8-14(12)16/h3-9,15,17H,10H2,1-2H3. The predicted molar refractivity (Wildman–Crippen MR) is 70.9 cm³/mol. The number of hydrogen-bond donors (Lipinski definition) is 1. The summed E-state index contributed by atoms with van der Waals surface area (Å²) < 4.78 is 13.7. The van der Waals surface area contributed by atoms with Gasteiger partial charge in [-0.15, -0.1) is 0 Å². The molecule has 18 heavy (non-hydrogen) atoms. The second-order valence-electron chi connectivity index (χ2n) is 4.31. The molecule has 0 amide bonds. The second kappa shape index (κ2) is 5.74. The van der Waals surface area contributed by atoms with Gasteiger partial charge in [-0.25, -0.2) is 4.39 Å². The number of pyridine rings is 1. The van der Waals surface area contributed by atoms with Gasteiger partial charge in [0.25, 0.3) is 0 Å². The van der Waals surface area contributed by atoms with Crippen molar-refractivity contribution in [2.45, 2.75) is 19.4 Å². The lowest BCUT2D eigenvalue weighted by Gasteiger charge is -2.18. The molecular weight excluding hydrogens is 227 g/mol. The average Bonchev–Trinajstić information content (AvgIpc) is 2.39. The number of likely N-dealkylation sites (N-methyl/N-ethyl adjacent to an activating group) is 1. The Balaban J connectivity index is 2.26. The molecule has 1 unspecified atom stereocenters. The first-order valence-electron chi connectivity index (χ1n) is 6.04. The van der Waals surface area contributed by atoms with Crippen LogP contribution in [0.5, 0.6) is 0 Å². The maximum absolute atomic E-state index is 13.7. The molecular formula is C15H17FN2. The smallest absolute Gasteiger partial charge is 0.126 e. The summed E-state index contributed by atoms with van der Waals surface area (Å²) in [6.45, 7) is 1.97. The van der Waals surface area contributed by atoms with Crippen LogP contribution < -0.4 is 5.32 Å². The van der Waals surface area contributed by atoms with E-state index in [0.717, 1.165) is 16.8 Å². The largest absolute Gasteiger partial charge is 0.313 e. The molecule has 1 aromatic heterocycles. The molecule has 1 atom stereocenters. The van der Waals surface area contributed by atoms with Gasteiger partial charge in [0.1, 0.15) is 5.82 Å². The molecule has 3 heteroatoms. The molecule has 0 saturated carbocycles. The SMILES string of the molecule is CNC(Cc1ccccc1F)c1cccnc1C. The molecule has 2 aromatic rings. The molecule has 1 heterocycles. The van der Waals surface area contributed by atoms with Crippen molar-refractivity contribution in [1.29, 1.82) is 0 Å². The van der Waals surface area contributed by atoms with Gasteiger partial charge in [-0.2, -0.15) is 0 Å². The third-order valence-electron chi connectivity index (χ3n) is 3.15. The van der Waals surface area contributed by atoms with Crippen molar-refractivity contribution in [3.8, 4) is 0 Å². The normalized spacial score (nSPS) is 12.4. The molecule has 0 spiro atoms. The Labute approximate surface area is 107 Å². The van der Waals surface area contributed by atoms with Gasteiger partial charge in [-0.05, 0) is 43.7 Å². The van der Waals surface area contributed by atoms with Crippen LogP contribution in [0.3, 0.4) is 0 Å². The molecule has 2 nitrogen and oxygen atoms in total. The van der Waals surface area contributed by atoms with Crippen molar-refractivity contribution < 1.29 is 4.39 Å². The highest BCUT2D eigenvalue weighted by Crippen LogP contribution is 2.21. The van der Waals surface area contributed by atoms with E-state index in [9.17, 15) is 4.39 Å². The van der Waals surface area contributed by atoms with Crippen molar-refractivity contribution in [2.75, 3.05) is 7.05 Å². The third-order valence-corrected chi connectivity index (χ3v) is 3.15. The quantitative estimate of drug-likeness (QED) is 0.894. The minimum absolute atomic E-state index is 0.0793. The number of nitrogens with zero attached hydrogens (tertiary/aromatic N) is 1. The third kappa shape index (κ3) is 2.74. The Kier molecular flexibility index (Phi) is 4.05. The molecule has 0 radical (unpaired) electrons. The van der Waals surface area contributed by atoms with Crippen molar-refractivity contribution in [3.05, 3.63) is 65.2 Å². The highest BCUT2D eigenvalue weighted by Gasteiger charge is 2.14. The van der Waals surface area contributed by atoms with Gasteiger partial charge in [0.05, 0.1) is 0 Å². The van der Waals surface area contributed by atoms with Crippen LogP contribution in [0.25, 0.3) is 0 Å². The van der Waals surface area contributed by atoms with E-state index in [0.29, 0.717) is 6.42 Å². The monoisotopic (exact) mass is 244 g/mol. The van der Waals surface area contributed by atoms with E-state index < -0.39 is 0 Å². The fourth-order valence-corrected chi connectivity index (χ4v) is 2.12. The lowest BCUT2D eigenvalue weighted by Crippen LogP contribution is -2.20. The fraction of sp³-hybridized carbons (Fsp3) is 0.267. The molecule has 0 aliphatic rings. The van der Waals surface area contributed by atoms with Crippen molar-refractivity contribution >= 4 is 0 Å². The zero-order chi connectivity index (χ0) is 13.0. The van der Waals surface area contributed by atoms with Crippen molar-refractivity contribution in [3.63, 3.8) is 0 Å². The summed E-state index contributed by atoms with van der Waals surface area (Å²) in [4.78, 5) is 4.28. The van der Waals surface area contributed by atoms with Gasteiger partial charge < -0.3 is 5.32 Å². The maximum atomic E-state index is 13.7. The van der Waals surface area contributed by atoms with Crippen LogP contribution in [0.4, 0.5) is 4.39 Å². The van der Waals surface area contributed by atoms with Crippen LogP contribution >= 0.6 is 0 Å². The molecule has 0 saturated heterocycles. The highest BCUT2D eigenvalue weighted by molar-refractivity contribution is 5.26. The van der Waals surface area contributed by atoms with E-state index in [1.54, 1.807) is 12.3 Å². The van der Waals surface area contributed by atoms with Crippen LogP contribution in [0.1, 0.15) is 22.9 Å². The van der Waals surface area contributed by atoms with Crippen LogP contribution in [0.2, 0.25) is 0 Å². The summed E-state index contributed by atoms with van der Waals surface area (Å²) >= 11 is 0. The number of nitrogens with one attached hydrogen (secondary N) is 1. The lowest BCUT2D eigenvalue weighted by molar-refractivity contribution is 0.551. The Morgan fingerprint density at radius 1 is 1.22 bits per heavy atom. The van der Waals surface area contributed by atoms with Gasteiger partial charge in [-0.3, -0.25) is 4.98 Å². The number of rotatable bonds is 4. The van der Waals surface area contributed by atoms with Crippen molar-refractivity contribution in [1.82, 2.24) is 10.3 Å². The van der Waals surface area contributed by atoms with Crippen LogP contribution in [-0.4, -0.2) is 12.0 Å². The molecule has 0 aliphatic carbocycles. The molecule has 0 bridgehead atoms. The second-order valence-corrected chi connectivity index (χ2v) is 4.31. The number of aromatic nitrogens is 1. The van der Waals surface area contributed by atoms with E-state index >= 15 is 0 Å². The average molecular weight is 244 g/mol. The fourth-order valence-electron chi connectivity index (χ4n) is 2.12. The zero-order valence-electron chi connectivity index (χ0n) is 10.7. The lowest BCUT2D eigenvalue weighted by atomic mass is 9.98. The molecule has 1 aromatic carbocycles. The number of halogens is 1. The van der Waals surface area contributed by atoms with E-state index in [4.69, 9.17) is 0 Å². The van der Waals surface area contributed by atoms with Gasteiger partial charge >= 0.3 is 0 Å². The summed E-state index contributed by atoms with van der Waals surface area (Å²) in [7, 11) is 1.89. The predicted octanol–water partition coefficient (Wildman–Crippen LogP) is 3.03. The van der Waals surface area contributed by atoms with Crippen LogP contribution in [0.15, 0.2) is 42.6 Å². The van der Waals surface area contributed by atoms with Gasteiger partial charge in [0.2, 0.25) is 0 Å².